The van der Waals surface area contributed by atoms with Gasteiger partial charge in [-0.05, 0) is 137 Å². The van der Waals surface area contributed by atoms with Crippen molar-refractivity contribution < 1.29 is 0 Å². The van der Waals surface area contributed by atoms with Gasteiger partial charge in [-0.1, -0.05) is 199 Å². The highest BCUT2D eigenvalue weighted by Crippen LogP contribution is 2.52. The second-order valence-electron chi connectivity index (χ2n) is 19.4. The highest BCUT2D eigenvalue weighted by atomic mass is 15.0. The molecule has 8 aromatic carbocycles. The SMILES string of the molecule is CC1C=CC(c2ccc3c(c2)c2ccccc2c2ccccc2c2cc(-c4cccc5c4-c4ccccc4C5(C)C)ccc2n3-c2ccccc2)=C(c2ccccc2C(C)(C)C)C1. The summed E-state index contributed by atoms with van der Waals surface area (Å²) in [6, 6.07) is 68.5. The zero-order chi connectivity index (χ0) is 43.0. The lowest BCUT2D eigenvalue weighted by atomic mass is 9.76. The largest absolute Gasteiger partial charge is 0.309 e. The first-order chi connectivity index (χ1) is 30.6. The zero-order valence-corrected chi connectivity index (χ0v) is 37.2. The van der Waals surface area contributed by atoms with Gasteiger partial charge in [0.15, 0.2) is 0 Å². The smallest absolute Gasteiger partial charge is 0.0540 e. The lowest BCUT2D eigenvalue weighted by Crippen LogP contribution is -2.15. The van der Waals surface area contributed by atoms with Gasteiger partial charge >= 0.3 is 0 Å². The van der Waals surface area contributed by atoms with Crippen molar-refractivity contribution in [1.82, 2.24) is 4.57 Å². The molecule has 0 spiro atoms. The van der Waals surface area contributed by atoms with E-state index in [2.05, 4.69) is 240 Å². The van der Waals surface area contributed by atoms with Crippen LogP contribution in [-0.4, -0.2) is 4.57 Å². The molecule has 0 radical (unpaired) electrons. The van der Waals surface area contributed by atoms with Crippen LogP contribution in [0.4, 0.5) is 0 Å². The van der Waals surface area contributed by atoms with Crippen LogP contribution >= 0.6 is 0 Å². The number of hydrogen-bond donors (Lipinski definition) is 0. The second-order valence-corrected chi connectivity index (χ2v) is 19.4. The van der Waals surface area contributed by atoms with Gasteiger partial charge in [-0.25, -0.2) is 0 Å². The normalized spacial score (nSPS) is 15.6. The molecule has 1 heteroatoms. The van der Waals surface area contributed by atoms with E-state index in [0.29, 0.717) is 5.92 Å². The molecule has 2 aliphatic rings. The minimum Gasteiger partial charge on any atom is -0.309 e. The van der Waals surface area contributed by atoms with Crippen LogP contribution in [0.25, 0.3) is 82.4 Å². The highest BCUT2D eigenvalue weighted by molar-refractivity contribution is 6.20. The second kappa shape index (κ2) is 14.8. The Morgan fingerprint density at radius 3 is 1.68 bits per heavy atom. The molecular formula is C62H53N. The van der Waals surface area contributed by atoms with E-state index in [-0.39, 0.29) is 10.8 Å². The van der Waals surface area contributed by atoms with E-state index in [1.165, 1.54) is 93.5 Å². The molecule has 1 heterocycles. The molecule has 0 saturated heterocycles. The molecule has 306 valence electrons. The molecule has 0 amide bonds. The summed E-state index contributed by atoms with van der Waals surface area (Å²) in [6.45, 7) is 14.1. The quantitative estimate of drug-likeness (QED) is 0.167. The summed E-state index contributed by atoms with van der Waals surface area (Å²) in [4.78, 5) is 0. The van der Waals surface area contributed by atoms with E-state index in [4.69, 9.17) is 0 Å². The Morgan fingerprint density at radius 2 is 1.02 bits per heavy atom. The molecule has 0 bridgehead atoms. The van der Waals surface area contributed by atoms with Crippen LogP contribution in [0.3, 0.4) is 0 Å². The maximum absolute atomic E-state index is 2.51. The molecule has 1 aromatic heterocycles. The highest BCUT2D eigenvalue weighted by Gasteiger charge is 2.36. The molecule has 1 nitrogen and oxygen atoms in total. The zero-order valence-electron chi connectivity index (χ0n) is 37.2. The van der Waals surface area contributed by atoms with Gasteiger partial charge in [0.25, 0.3) is 0 Å². The van der Waals surface area contributed by atoms with E-state index in [1.807, 2.05) is 0 Å². The monoisotopic (exact) mass is 811 g/mol. The van der Waals surface area contributed by atoms with Gasteiger partial charge in [0.05, 0.1) is 11.0 Å². The molecule has 1 atom stereocenters. The van der Waals surface area contributed by atoms with Crippen molar-refractivity contribution in [1.29, 1.82) is 0 Å². The van der Waals surface area contributed by atoms with Crippen molar-refractivity contribution >= 4 is 54.5 Å². The lowest BCUT2D eigenvalue weighted by Gasteiger charge is -2.28. The van der Waals surface area contributed by atoms with Gasteiger partial charge in [-0.15, -0.1) is 0 Å². The van der Waals surface area contributed by atoms with E-state index in [1.54, 1.807) is 0 Å². The maximum atomic E-state index is 2.51. The van der Waals surface area contributed by atoms with Crippen LogP contribution in [0, 0.1) is 5.92 Å². The molecule has 0 aliphatic heterocycles. The van der Waals surface area contributed by atoms with Crippen molar-refractivity contribution in [3.8, 4) is 27.9 Å². The third-order valence-electron chi connectivity index (χ3n) is 13.9. The molecule has 0 fully saturated rings. The predicted octanol–water partition coefficient (Wildman–Crippen LogP) is 17.0. The number of aromatic nitrogens is 1. The van der Waals surface area contributed by atoms with Crippen LogP contribution in [0.2, 0.25) is 0 Å². The van der Waals surface area contributed by atoms with Crippen LogP contribution < -0.4 is 0 Å². The summed E-state index contributed by atoms with van der Waals surface area (Å²) in [5.41, 5.74) is 18.0. The first-order valence-corrected chi connectivity index (χ1v) is 22.7. The Hall–Kier alpha value is -6.96. The summed E-state index contributed by atoms with van der Waals surface area (Å²) in [5.74, 6) is 0.454. The number of allylic oxidation sites excluding steroid dienone is 4. The minimum atomic E-state index is -0.0785. The average molecular weight is 812 g/mol. The van der Waals surface area contributed by atoms with E-state index in [9.17, 15) is 0 Å². The maximum Gasteiger partial charge on any atom is 0.0540 e. The van der Waals surface area contributed by atoms with Gasteiger partial charge in [-0.2, -0.15) is 0 Å². The van der Waals surface area contributed by atoms with E-state index in [0.717, 1.165) is 23.1 Å². The third kappa shape index (κ3) is 6.36. The summed E-state index contributed by atoms with van der Waals surface area (Å²) >= 11 is 0. The van der Waals surface area contributed by atoms with Crippen molar-refractivity contribution in [2.45, 2.75) is 58.8 Å². The van der Waals surface area contributed by atoms with Crippen LogP contribution in [-0.2, 0) is 10.8 Å². The first kappa shape index (κ1) is 38.9. The Balaban J connectivity index is 1.28. The van der Waals surface area contributed by atoms with Crippen LogP contribution in [0.1, 0.15) is 75.8 Å². The summed E-state index contributed by atoms with van der Waals surface area (Å²) in [6.07, 6.45) is 5.79. The van der Waals surface area contributed by atoms with Crippen molar-refractivity contribution in [3.05, 3.63) is 222 Å². The molecular weight excluding hydrogens is 759 g/mol. The fraction of sp³-hybridized carbons (Fsp3) is 0.161. The third-order valence-corrected chi connectivity index (χ3v) is 13.9. The number of nitrogens with zero attached hydrogens (tertiary/aromatic N) is 1. The molecule has 1 unspecified atom stereocenters. The van der Waals surface area contributed by atoms with Crippen molar-refractivity contribution in [3.63, 3.8) is 0 Å². The number of rotatable bonds is 4. The minimum absolute atomic E-state index is 0.0147. The van der Waals surface area contributed by atoms with Crippen molar-refractivity contribution in [2.75, 3.05) is 0 Å². The molecule has 9 aromatic rings. The Morgan fingerprint density at radius 1 is 0.492 bits per heavy atom. The number of fused-ring (bicyclic) bond motifs is 10. The van der Waals surface area contributed by atoms with Gasteiger partial charge < -0.3 is 4.57 Å². The Labute approximate surface area is 372 Å². The van der Waals surface area contributed by atoms with Crippen molar-refractivity contribution in [2.24, 2.45) is 5.92 Å². The fourth-order valence-electron chi connectivity index (χ4n) is 10.9. The predicted molar refractivity (Wildman–Crippen MR) is 271 cm³/mol. The van der Waals surface area contributed by atoms with Gasteiger partial charge in [-0.3, -0.25) is 0 Å². The number of para-hydroxylation sites is 1. The molecule has 11 rings (SSSR count). The first-order valence-electron chi connectivity index (χ1n) is 22.7. The van der Waals surface area contributed by atoms with E-state index < -0.39 is 0 Å². The topological polar surface area (TPSA) is 4.93 Å². The Kier molecular flexibility index (Phi) is 9.18. The lowest BCUT2D eigenvalue weighted by molar-refractivity contribution is 0.587. The summed E-state index contributed by atoms with van der Waals surface area (Å²) in [5, 5.41) is 7.32. The summed E-state index contributed by atoms with van der Waals surface area (Å²) < 4.78 is 2.51. The number of benzene rings is 8. The molecule has 2 aliphatic carbocycles. The van der Waals surface area contributed by atoms with Crippen LogP contribution in [0.15, 0.2) is 194 Å². The molecule has 0 N–H and O–H groups in total. The summed E-state index contributed by atoms with van der Waals surface area (Å²) in [7, 11) is 0. The van der Waals surface area contributed by atoms with Gasteiger partial charge in [0.1, 0.15) is 0 Å². The number of hydrogen-bond acceptors (Lipinski definition) is 0. The van der Waals surface area contributed by atoms with Gasteiger partial charge in [0.2, 0.25) is 0 Å². The average Bonchev–Trinajstić information content (AvgIpc) is 3.57. The van der Waals surface area contributed by atoms with Gasteiger partial charge in [0, 0.05) is 21.9 Å². The standard InChI is InChI=1S/C62H53N/c1-40-31-34-44(52(37-40)50-25-14-16-28-55(50)61(2,3)4)41-32-35-58-53(38-41)48-23-12-10-21-46(48)47-22-11-13-24-49(47)54-39-42(33-36-59(54)63(58)43-19-8-7-9-20-43)45-27-18-30-57-60(45)51-26-15-17-29-56(51)62(57,5)6/h7-36,38-40H,37H2,1-6H3. The van der Waals surface area contributed by atoms with E-state index >= 15 is 0 Å². The van der Waals surface area contributed by atoms with Crippen LogP contribution in [0.5, 0.6) is 0 Å². The fourth-order valence-corrected chi connectivity index (χ4v) is 10.9. The Bertz CT molecular complexity index is 3440. The molecule has 63 heavy (non-hydrogen) atoms. The molecule has 0 saturated carbocycles.